The first-order valence-corrected chi connectivity index (χ1v) is 8.59. The van der Waals surface area contributed by atoms with Crippen molar-refractivity contribution < 1.29 is 27.6 Å². The monoisotopic (exact) mass is 384 g/mol. The molecule has 1 atom stereocenters. The Bertz CT molecular complexity index is 801. The predicted octanol–water partition coefficient (Wildman–Crippen LogP) is 2.88. The maximum atomic E-state index is 12.8. The van der Waals surface area contributed by atoms with Crippen LogP contribution in [-0.4, -0.2) is 32.2 Å². The normalized spacial score (nSPS) is 21.7. The first-order chi connectivity index (χ1) is 12.7. The molecule has 0 aromatic carbocycles. The molecule has 1 amide bonds. The Morgan fingerprint density at radius 1 is 1.33 bits per heavy atom. The van der Waals surface area contributed by atoms with Crippen LogP contribution in [-0.2, 0) is 11.0 Å². The molecule has 3 rings (SSSR count). The van der Waals surface area contributed by atoms with E-state index < -0.39 is 17.9 Å². The summed E-state index contributed by atoms with van der Waals surface area (Å²) in [6.07, 6.45) is -1.53. The van der Waals surface area contributed by atoms with Crippen LogP contribution < -0.4 is 5.32 Å². The minimum absolute atomic E-state index is 0.0141. The second-order valence-corrected chi connectivity index (χ2v) is 6.62. The van der Waals surface area contributed by atoms with E-state index in [4.69, 9.17) is 4.52 Å². The average molecular weight is 384 g/mol. The van der Waals surface area contributed by atoms with E-state index in [-0.39, 0.29) is 35.2 Å². The van der Waals surface area contributed by atoms with Gasteiger partial charge in [-0.25, -0.2) is 0 Å². The number of aromatic nitrogens is 3. The Balaban J connectivity index is 1.67. The zero-order chi connectivity index (χ0) is 19.6. The smallest absolute Gasteiger partial charge is 0.393 e. The van der Waals surface area contributed by atoms with Crippen LogP contribution in [0.1, 0.15) is 50.2 Å². The molecule has 7 nitrogen and oxygen atoms in total. The van der Waals surface area contributed by atoms with E-state index in [2.05, 4.69) is 20.4 Å². The third-order valence-electron chi connectivity index (χ3n) is 4.55. The molecule has 0 bridgehead atoms. The first-order valence-electron chi connectivity index (χ1n) is 8.59. The van der Waals surface area contributed by atoms with E-state index in [1.165, 1.54) is 6.07 Å². The number of nitrogens with zero attached hydrogens (tertiary/aromatic N) is 3. The van der Waals surface area contributed by atoms with Crippen molar-refractivity contribution in [3.05, 3.63) is 29.9 Å². The highest BCUT2D eigenvalue weighted by atomic mass is 19.4. The average Bonchev–Trinajstić information content (AvgIpc) is 3.12. The van der Waals surface area contributed by atoms with Gasteiger partial charge >= 0.3 is 6.18 Å². The fourth-order valence-corrected chi connectivity index (χ4v) is 2.98. The van der Waals surface area contributed by atoms with Crippen molar-refractivity contribution in [2.45, 2.75) is 50.9 Å². The van der Waals surface area contributed by atoms with Crippen molar-refractivity contribution in [3.8, 4) is 11.4 Å². The number of aliphatic hydroxyl groups excluding tert-OH is 1. The third-order valence-corrected chi connectivity index (χ3v) is 4.55. The molecular formula is C17H19F3N4O3. The van der Waals surface area contributed by atoms with Gasteiger partial charge in [-0.05, 0) is 44.7 Å². The number of carbonyl (C=O) groups is 1. The number of alkyl halides is 3. The van der Waals surface area contributed by atoms with Crippen LogP contribution in [0.4, 0.5) is 13.2 Å². The van der Waals surface area contributed by atoms with E-state index in [1.54, 1.807) is 6.92 Å². The molecule has 0 unspecified atom stereocenters. The minimum Gasteiger partial charge on any atom is -0.393 e. The van der Waals surface area contributed by atoms with Gasteiger partial charge in [0.25, 0.3) is 0 Å². The molecule has 1 aliphatic rings. The van der Waals surface area contributed by atoms with Crippen LogP contribution in [0.2, 0.25) is 0 Å². The van der Waals surface area contributed by atoms with Crippen LogP contribution in [0.25, 0.3) is 11.4 Å². The van der Waals surface area contributed by atoms with Crippen molar-refractivity contribution in [2.75, 3.05) is 0 Å². The summed E-state index contributed by atoms with van der Waals surface area (Å²) in [4.78, 5) is 19.7. The summed E-state index contributed by atoms with van der Waals surface area (Å²) in [5.41, 5.74) is -0.931. The van der Waals surface area contributed by atoms with E-state index >= 15 is 0 Å². The number of rotatable bonds is 4. The lowest BCUT2D eigenvalue weighted by atomic mass is 9.87. The first kappa shape index (κ1) is 19.3. The number of aliphatic hydroxyl groups is 1. The second-order valence-electron chi connectivity index (χ2n) is 6.62. The Hall–Kier alpha value is -2.49. The van der Waals surface area contributed by atoms with Crippen LogP contribution in [0.15, 0.2) is 22.9 Å². The fourth-order valence-electron chi connectivity index (χ4n) is 2.98. The third kappa shape index (κ3) is 4.62. The minimum atomic E-state index is -4.57. The van der Waals surface area contributed by atoms with Crippen molar-refractivity contribution in [1.82, 2.24) is 20.4 Å². The summed E-state index contributed by atoms with van der Waals surface area (Å²) >= 11 is 0. The van der Waals surface area contributed by atoms with Gasteiger partial charge in [0.2, 0.25) is 17.6 Å². The fraction of sp³-hybridized carbons (Fsp3) is 0.529. The molecule has 0 spiro atoms. The van der Waals surface area contributed by atoms with Gasteiger partial charge in [0.15, 0.2) is 0 Å². The summed E-state index contributed by atoms with van der Waals surface area (Å²) in [6, 6.07) is 1.60. The maximum absolute atomic E-state index is 12.8. The Morgan fingerprint density at radius 2 is 2.04 bits per heavy atom. The van der Waals surface area contributed by atoms with Crippen molar-refractivity contribution in [1.29, 1.82) is 0 Å². The summed E-state index contributed by atoms with van der Waals surface area (Å²) in [5.74, 6) is -0.274. The molecule has 0 saturated heterocycles. The van der Waals surface area contributed by atoms with Gasteiger partial charge in [0.05, 0.1) is 6.10 Å². The molecule has 2 aromatic rings. The summed E-state index contributed by atoms with van der Waals surface area (Å²) in [6.45, 7) is 1.65. The Morgan fingerprint density at radius 3 is 2.70 bits per heavy atom. The molecule has 2 heterocycles. The highest BCUT2D eigenvalue weighted by molar-refractivity contribution is 5.79. The molecule has 1 aliphatic carbocycles. The van der Waals surface area contributed by atoms with E-state index in [0.29, 0.717) is 25.7 Å². The predicted molar refractivity (Wildman–Crippen MR) is 87.1 cm³/mol. The molecule has 2 N–H and O–H groups in total. The molecule has 0 radical (unpaired) electrons. The number of hydrogen-bond acceptors (Lipinski definition) is 6. The van der Waals surface area contributed by atoms with Gasteiger partial charge in [-0.15, -0.1) is 0 Å². The second kappa shape index (κ2) is 7.63. The number of pyridine rings is 1. The van der Waals surface area contributed by atoms with Crippen molar-refractivity contribution >= 4 is 5.91 Å². The Labute approximate surface area is 153 Å². The zero-order valence-corrected chi connectivity index (χ0v) is 14.5. The number of hydrogen-bond donors (Lipinski definition) is 2. The van der Waals surface area contributed by atoms with E-state index in [9.17, 15) is 23.1 Å². The van der Waals surface area contributed by atoms with Crippen LogP contribution in [0, 0.1) is 5.92 Å². The highest BCUT2D eigenvalue weighted by Gasteiger charge is 2.33. The molecule has 146 valence electrons. The highest BCUT2D eigenvalue weighted by Crippen LogP contribution is 2.30. The topological polar surface area (TPSA) is 101 Å². The van der Waals surface area contributed by atoms with Crippen LogP contribution >= 0.6 is 0 Å². The molecule has 0 aliphatic heterocycles. The lowest BCUT2D eigenvalue weighted by molar-refractivity contribution is -0.141. The number of nitrogens with one attached hydrogen (secondary N) is 1. The summed E-state index contributed by atoms with van der Waals surface area (Å²) < 4.78 is 43.4. The van der Waals surface area contributed by atoms with Gasteiger partial charge in [-0.3, -0.25) is 9.78 Å². The lowest BCUT2D eigenvalue weighted by Crippen LogP contribution is -2.35. The van der Waals surface area contributed by atoms with E-state index in [1.807, 2.05) is 0 Å². The molecule has 2 aromatic heterocycles. The number of halogens is 3. The lowest BCUT2D eigenvalue weighted by Gasteiger charge is -2.25. The van der Waals surface area contributed by atoms with E-state index in [0.717, 1.165) is 12.3 Å². The largest absolute Gasteiger partial charge is 0.433 e. The summed E-state index contributed by atoms with van der Waals surface area (Å²) in [7, 11) is 0. The number of carbonyl (C=O) groups excluding carboxylic acids is 1. The Kier molecular flexibility index (Phi) is 5.45. The molecule has 27 heavy (non-hydrogen) atoms. The molecule has 1 saturated carbocycles. The quantitative estimate of drug-likeness (QED) is 0.841. The SMILES string of the molecule is C[C@H](NC(=O)[C@H]1CC[C@@H](O)CC1)c1nc(-c2ccnc(C(F)(F)F)c2)no1. The van der Waals surface area contributed by atoms with Gasteiger partial charge in [-0.2, -0.15) is 18.2 Å². The summed E-state index contributed by atoms with van der Waals surface area (Å²) in [5, 5.41) is 16.0. The zero-order valence-electron chi connectivity index (χ0n) is 14.5. The maximum Gasteiger partial charge on any atom is 0.433 e. The van der Waals surface area contributed by atoms with Crippen molar-refractivity contribution in [3.63, 3.8) is 0 Å². The van der Waals surface area contributed by atoms with Crippen LogP contribution in [0.3, 0.4) is 0 Å². The van der Waals surface area contributed by atoms with Gasteiger partial charge < -0.3 is 14.9 Å². The van der Waals surface area contributed by atoms with Crippen LogP contribution in [0.5, 0.6) is 0 Å². The van der Waals surface area contributed by atoms with Crippen molar-refractivity contribution in [2.24, 2.45) is 5.92 Å². The molecule has 10 heteroatoms. The van der Waals surface area contributed by atoms with Gasteiger partial charge in [-0.1, -0.05) is 5.16 Å². The van der Waals surface area contributed by atoms with Gasteiger partial charge in [0.1, 0.15) is 11.7 Å². The van der Waals surface area contributed by atoms with Gasteiger partial charge in [0, 0.05) is 17.7 Å². The number of amides is 1. The standard InChI is InChI=1S/C17H19F3N4O3/c1-9(22-15(26)10-2-4-12(25)5-3-10)16-23-14(24-27-16)11-6-7-21-13(8-11)17(18,19)20/h6-10,12,25H,2-5H2,1H3,(H,22,26)/t9-,10-,12+/m0/s1. The molecular weight excluding hydrogens is 365 g/mol. The molecule has 1 fully saturated rings.